The summed E-state index contributed by atoms with van der Waals surface area (Å²) in [5, 5.41) is 3.46. The van der Waals surface area contributed by atoms with Gasteiger partial charge < -0.3 is 10.1 Å². The predicted octanol–water partition coefficient (Wildman–Crippen LogP) is 2.72. The molecule has 4 heteroatoms. The van der Waals surface area contributed by atoms with Gasteiger partial charge in [0, 0.05) is 23.8 Å². The third-order valence-electron chi connectivity index (χ3n) is 3.83. The highest BCUT2D eigenvalue weighted by molar-refractivity contribution is 5.32. The molecule has 2 nitrogen and oxygen atoms in total. The fourth-order valence-corrected chi connectivity index (χ4v) is 2.73. The van der Waals surface area contributed by atoms with Gasteiger partial charge in [0.2, 0.25) is 0 Å². The lowest BCUT2D eigenvalue weighted by Gasteiger charge is -2.29. The Kier molecular flexibility index (Phi) is 3.08. The van der Waals surface area contributed by atoms with Crippen LogP contribution in [0.4, 0.5) is 8.78 Å². The summed E-state index contributed by atoms with van der Waals surface area (Å²) >= 11 is 0. The van der Waals surface area contributed by atoms with Crippen LogP contribution in [0.5, 0.6) is 0 Å². The molecule has 3 rings (SSSR count). The minimum atomic E-state index is -0.376. The first-order valence-electron chi connectivity index (χ1n) is 6.51. The third-order valence-corrected chi connectivity index (χ3v) is 3.83. The molecule has 2 fully saturated rings. The van der Waals surface area contributed by atoms with Crippen molar-refractivity contribution < 1.29 is 13.5 Å². The maximum Gasteiger partial charge on any atom is 0.128 e. The molecule has 0 amide bonds. The predicted molar refractivity (Wildman–Crippen MR) is 64.2 cm³/mol. The molecule has 0 aromatic heterocycles. The van der Waals surface area contributed by atoms with Crippen LogP contribution >= 0.6 is 0 Å². The number of halogens is 2. The van der Waals surface area contributed by atoms with E-state index in [1.807, 2.05) is 0 Å². The van der Waals surface area contributed by atoms with E-state index in [1.54, 1.807) is 0 Å². The first-order valence-corrected chi connectivity index (χ1v) is 6.51. The van der Waals surface area contributed by atoms with Gasteiger partial charge in [-0.15, -0.1) is 0 Å². The summed E-state index contributed by atoms with van der Waals surface area (Å²) in [6.45, 7) is 1.47. The third kappa shape index (κ3) is 2.27. The highest BCUT2D eigenvalue weighted by atomic mass is 19.1. The van der Waals surface area contributed by atoms with Crippen molar-refractivity contribution in [1.82, 2.24) is 5.32 Å². The summed E-state index contributed by atoms with van der Waals surface area (Å²) in [6, 6.07) is 3.95. The van der Waals surface area contributed by atoms with E-state index in [2.05, 4.69) is 5.32 Å². The Labute approximate surface area is 105 Å². The molecule has 0 bridgehead atoms. The second-order valence-corrected chi connectivity index (χ2v) is 5.26. The van der Waals surface area contributed by atoms with Gasteiger partial charge in [-0.1, -0.05) is 0 Å². The van der Waals surface area contributed by atoms with Crippen LogP contribution in [0.15, 0.2) is 18.2 Å². The maximum absolute atomic E-state index is 13.8. The Balaban J connectivity index is 1.79. The van der Waals surface area contributed by atoms with E-state index >= 15 is 0 Å². The number of nitrogens with one attached hydrogen (secondary N) is 1. The lowest BCUT2D eigenvalue weighted by atomic mass is 10.0. The molecule has 18 heavy (non-hydrogen) atoms. The van der Waals surface area contributed by atoms with E-state index in [4.69, 9.17) is 4.74 Å². The first kappa shape index (κ1) is 12.1. The zero-order valence-corrected chi connectivity index (χ0v) is 10.2. The number of rotatable bonds is 3. The first-order chi connectivity index (χ1) is 8.70. The lowest BCUT2D eigenvalue weighted by molar-refractivity contribution is 0.0645. The van der Waals surface area contributed by atoms with Gasteiger partial charge >= 0.3 is 0 Å². The van der Waals surface area contributed by atoms with E-state index in [0.29, 0.717) is 12.2 Å². The van der Waals surface area contributed by atoms with Crippen LogP contribution in [-0.4, -0.2) is 19.3 Å². The second kappa shape index (κ2) is 4.59. The molecule has 0 unspecified atom stereocenters. The van der Waals surface area contributed by atoms with Gasteiger partial charge in [-0.05, 0) is 43.9 Å². The number of ether oxygens (including phenoxy) is 1. The van der Waals surface area contributed by atoms with Gasteiger partial charge in [0.15, 0.2) is 0 Å². The topological polar surface area (TPSA) is 21.3 Å². The molecular formula is C14H17F2NO. The van der Waals surface area contributed by atoms with Crippen LogP contribution < -0.4 is 5.32 Å². The minimum absolute atomic E-state index is 0.254. The highest BCUT2D eigenvalue weighted by Crippen LogP contribution is 2.47. The standard InChI is InChI=1S/C14H17F2NO/c15-10-3-4-13(16)12(8-10)14(5-6-14)17-11-2-1-7-18-9-11/h3-4,8,11,17H,1-2,5-7,9H2/t11-/m1/s1. The summed E-state index contributed by atoms with van der Waals surface area (Å²) in [7, 11) is 0. The van der Waals surface area contributed by atoms with Crippen molar-refractivity contribution in [3.8, 4) is 0 Å². The van der Waals surface area contributed by atoms with Crippen LogP contribution in [0, 0.1) is 11.6 Å². The van der Waals surface area contributed by atoms with Gasteiger partial charge in [0.25, 0.3) is 0 Å². The van der Waals surface area contributed by atoms with Crippen LogP contribution in [0.2, 0.25) is 0 Å². The van der Waals surface area contributed by atoms with E-state index in [9.17, 15) is 8.78 Å². The molecule has 1 aliphatic heterocycles. The molecule has 0 spiro atoms. The molecule has 1 N–H and O–H groups in total. The molecule has 1 aliphatic carbocycles. The van der Waals surface area contributed by atoms with Crippen molar-refractivity contribution in [3.05, 3.63) is 35.4 Å². The minimum Gasteiger partial charge on any atom is -0.380 e. The van der Waals surface area contributed by atoms with E-state index < -0.39 is 0 Å². The van der Waals surface area contributed by atoms with Crippen LogP contribution in [0.25, 0.3) is 0 Å². The Morgan fingerprint density at radius 2 is 2.11 bits per heavy atom. The summed E-state index contributed by atoms with van der Waals surface area (Å²) < 4.78 is 32.5. The zero-order valence-electron chi connectivity index (χ0n) is 10.2. The molecule has 1 saturated heterocycles. The lowest BCUT2D eigenvalue weighted by Crippen LogP contribution is -2.43. The fourth-order valence-electron chi connectivity index (χ4n) is 2.73. The number of benzene rings is 1. The molecule has 2 aliphatic rings. The molecule has 1 atom stereocenters. The highest BCUT2D eigenvalue weighted by Gasteiger charge is 2.47. The van der Waals surface area contributed by atoms with Gasteiger partial charge in [0.05, 0.1) is 6.61 Å². The average molecular weight is 253 g/mol. The van der Waals surface area contributed by atoms with E-state index in [0.717, 1.165) is 32.3 Å². The van der Waals surface area contributed by atoms with E-state index in [1.165, 1.54) is 18.2 Å². The molecule has 1 aromatic carbocycles. The maximum atomic E-state index is 13.8. The van der Waals surface area contributed by atoms with Crippen molar-refractivity contribution in [2.24, 2.45) is 0 Å². The van der Waals surface area contributed by atoms with Crippen molar-refractivity contribution in [3.63, 3.8) is 0 Å². The van der Waals surface area contributed by atoms with Gasteiger partial charge in [-0.2, -0.15) is 0 Å². The van der Waals surface area contributed by atoms with Gasteiger partial charge in [0.1, 0.15) is 11.6 Å². The largest absolute Gasteiger partial charge is 0.380 e. The smallest absolute Gasteiger partial charge is 0.128 e. The quantitative estimate of drug-likeness (QED) is 0.894. The zero-order chi connectivity index (χ0) is 12.6. The molecule has 98 valence electrons. The van der Waals surface area contributed by atoms with Crippen LogP contribution in [-0.2, 0) is 10.3 Å². The summed E-state index contributed by atoms with van der Waals surface area (Å²) in [4.78, 5) is 0. The Hall–Kier alpha value is -1.00. The molecule has 1 saturated carbocycles. The van der Waals surface area contributed by atoms with Crippen molar-refractivity contribution >= 4 is 0 Å². The molecular weight excluding hydrogens is 236 g/mol. The van der Waals surface area contributed by atoms with Crippen molar-refractivity contribution in [2.45, 2.75) is 37.3 Å². The summed E-state index contributed by atoms with van der Waals surface area (Å²) in [6.07, 6.45) is 3.80. The van der Waals surface area contributed by atoms with E-state index in [-0.39, 0.29) is 23.2 Å². The SMILES string of the molecule is Fc1ccc(F)c(C2(N[C@@H]3CCCOC3)CC2)c1. The van der Waals surface area contributed by atoms with Crippen molar-refractivity contribution in [2.75, 3.05) is 13.2 Å². The average Bonchev–Trinajstić information content (AvgIpc) is 3.14. The molecule has 1 aromatic rings. The molecule has 1 heterocycles. The van der Waals surface area contributed by atoms with Gasteiger partial charge in [-0.3, -0.25) is 0 Å². The molecule has 0 radical (unpaired) electrons. The fraction of sp³-hybridized carbons (Fsp3) is 0.571. The second-order valence-electron chi connectivity index (χ2n) is 5.26. The Morgan fingerprint density at radius 1 is 1.28 bits per heavy atom. The summed E-state index contributed by atoms with van der Waals surface area (Å²) in [5.41, 5.74) is 0.102. The Bertz CT molecular complexity index is 439. The normalized spacial score (nSPS) is 26.0. The van der Waals surface area contributed by atoms with Crippen LogP contribution in [0.3, 0.4) is 0 Å². The number of hydrogen-bond acceptors (Lipinski definition) is 2. The van der Waals surface area contributed by atoms with Gasteiger partial charge in [-0.25, -0.2) is 8.78 Å². The Morgan fingerprint density at radius 3 is 2.78 bits per heavy atom. The van der Waals surface area contributed by atoms with Crippen LogP contribution in [0.1, 0.15) is 31.2 Å². The summed E-state index contributed by atoms with van der Waals surface area (Å²) in [5.74, 6) is -0.697. The van der Waals surface area contributed by atoms with Crippen molar-refractivity contribution in [1.29, 1.82) is 0 Å². The number of hydrogen-bond donors (Lipinski definition) is 1. The monoisotopic (exact) mass is 253 g/mol.